The molecule has 0 aliphatic carbocycles. The molecule has 0 spiro atoms. The number of unbranched alkanes of at least 4 members (excludes halogenated alkanes) is 22. The fraction of sp³-hybridized carbons (Fsp3) is 0.927. The highest BCUT2D eigenvalue weighted by Crippen LogP contribution is 2.13. The van der Waals surface area contributed by atoms with E-state index < -0.39 is 0 Å². The van der Waals surface area contributed by atoms with Gasteiger partial charge in [0.2, 0.25) is 5.91 Å². The Bertz CT molecular complexity index is 708. The van der Waals surface area contributed by atoms with Gasteiger partial charge in [-0.05, 0) is 32.1 Å². The summed E-state index contributed by atoms with van der Waals surface area (Å²) in [5.74, 6) is -0.514. The zero-order valence-corrected chi connectivity index (χ0v) is 32.8. The Kier molecular flexibility index (Phi) is 32.7. The number of rotatable bonds is 36. The van der Waals surface area contributed by atoms with Crippen LogP contribution < -0.4 is 0 Å². The summed E-state index contributed by atoms with van der Waals surface area (Å²) in [6.07, 6.45) is 31.3. The molecule has 0 rings (SSSR count). The van der Waals surface area contributed by atoms with Crippen LogP contribution in [0.5, 0.6) is 0 Å². The standard InChI is InChI=1S/C41H81N2O5/c1-6-8-10-12-14-16-18-20-22-24-29-37-47-40(45)32-34-42(39(44)31-27-26-28-36-43(3,4)5)35-33-41(46)48-38-30-25-23-21-19-17-15-13-11-9-7-2/h6-38H2,1-5H3/q+1. The molecule has 0 fully saturated rings. The highest BCUT2D eigenvalue weighted by Gasteiger charge is 2.18. The Labute approximate surface area is 298 Å². The molecule has 7 heteroatoms. The smallest absolute Gasteiger partial charge is 0.307 e. The van der Waals surface area contributed by atoms with Crippen LogP contribution in [0.3, 0.4) is 0 Å². The number of nitrogens with zero attached hydrogens (tertiary/aromatic N) is 2. The predicted octanol–water partition coefficient (Wildman–Crippen LogP) is 10.6. The molecule has 284 valence electrons. The molecule has 7 nitrogen and oxygen atoms in total. The van der Waals surface area contributed by atoms with E-state index in [0.717, 1.165) is 56.0 Å². The van der Waals surface area contributed by atoms with E-state index in [4.69, 9.17) is 9.47 Å². The van der Waals surface area contributed by atoms with Crippen LogP contribution in [0.2, 0.25) is 0 Å². The van der Waals surface area contributed by atoms with E-state index in [1.165, 1.54) is 116 Å². The van der Waals surface area contributed by atoms with Gasteiger partial charge in [0.05, 0.1) is 53.7 Å². The second-order valence-electron chi connectivity index (χ2n) is 15.2. The number of hydrogen-bond acceptors (Lipinski definition) is 5. The van der Waals surface area contributed by atoms with Gasteiger partial charge >= 0.3 is 11.9 Å². The summed E-state index contributed by atoms with van der Waals surface area (Å²) in [7, 11) is 6.54. The number of ether oxygens (including phenoxy) is 2. The lowest BCUT2D eigenvalue weighted by Crippen LogP contribution is -2.36. The third-order valence-corrected chi connectivity index (χ3v) is 9.27. The monoisotopic (exact) mass is 682 g/mol. The van der Waals surface area contributed by atoms with Crippen LogP contribution in [-0.2, 0) is 23.9 Å². The average Bonchev–Trinajstić information content (AvgIpc) is 3.05. The molecule has 48 heavy (non-hydrogen) atoms. The van der Waals surface area contributed by atoms with Gasteiger partial charge in [-0.1, -0.05) is 142 Å². The molecule has 0 aromatic rings. The fourth-order valence-electron chi connectivity index (χ4n) is 6.06. The molecular weight excluding hydrogens is 600 g/mol. The number of amides is 1. The number of quaternary nitrogens is 1. The quantitative estimate of drug-likeness (QED) is 0.0374. The molecule has 0 aromatic heterocycles. The summed E-state index contributed by atoms with van der Waals surface area (Å²) >= 11 is 0. The van der Waals surface area contributed by atoms with Gasteiger partial charge in [0.1, 0.15) is 0 Å². The highest BCUT2D eigenvalue weighted by molar-refractivity contribution is 5.78. The van der Waals surface area contributed by atoms with Gasteiger partial charge in [-0.15, -0.1) is 0 Å². The SMILES string of the molecule is CCCCCCCCCCCCCOC(=O)CCN(CCC(=O)OCCCCCCCCCCCCC)C(=O)CCCCC[N+](C)(C)C. The van der Waals surface area contributed by atoms with Crippen molar-refractivity contribution in [2.75, 3.05) is 54.0 Å². The van der Waals surface area contributed by atoms with Crippen molar-refractivity contribution in [2.45, 2.75) is 194 Å². The van der Waals surface area contributed by atoms with E-state index in [0.29, 0.717) is 32.7 Å². The molecule has 1 amide bonds. The third kappa shape index (κ3) is 34.2. The highest BCUT2D eigenvalue weighted by atomic mass is 16.5. The molecule has 0 radical (unpaired) electrons. The second-order valence-corrected chi connectivity index (χ2v) is 15.2. The van der Waals surface area contributed by atoms with Gasteiger partial charge in [0.15, 0.2) is 0 Å². The summed E-state index contributed by atoms with van der Waals surface area (Å²) in [6, 6.07) is 0. The third-order valence-electron chi connectivity index (χ3n) is 9.27. The van der Waals surface area contributed by atoms with Crippen LogP contribution in [0.25, 0.3) is 0 Å². The Balaban J connectivity index is 4.28. The maximum Gasteiger partial charge on any atom is 0.307 e. The minimum absolute atomic E-state index is 0.0107. The van der Waals surface area contributed by atoms with Crippen molar-refractivity contribution in [3.8, 4) is 0 Å². The lowest BCUT2D eigenvalue weighted by molar-refractivity contribution is -0.870. The van der Waals surface area contributed by atoms with Crippen molar-refractivity contribution in [3.05, 3.63) is 0 Å². The number of esters is 2. The zero-order valence-electron chi connectivity index (χ0n) is 32.8. The van der Waals surface area contributed by atoms with Crippen molar-refractivity contribution < 1.29 is 28.3 Å². The zero-order chi connectivity index (χ0) is 35.6. The Hall–Kier alpha value is -1.63. The second kappa shape index (κ2) is 33.8. The van der Waals surface area contributed by atoms with E-state index in [1.54, 1.807) is 4.90 Å². The van der Waals surface area contributed by atoms with E-state index >= 15 is 0 Å². The largest absolute Gasteiger partial charge is 0.466 e. The number of hydrogen-bond donors (Lipinski definition) is 0. The molecule has 0 saturated carbocycles. The molecule has 0 heterocycles. The molecule has 0 unspecified atom stereocenters. The lowest BCUT2D eigenvalue weighted by atomic mass is 10.1. The van der Waals surface area contributed by atoms with E-state index in [9.17, 15) is 14.4 Å². The van der Waals surface area contributed by atoms with Gasteiger partial charge in [-0.3, -0.25) is 14.4 Å². The van der Waals surface area contributed by atoms with Crippen molar-refractivity contribution in [1.29, 1.82) is 0 Å². The molecule has 0 aliphatic rings. The first-order chi connectivity index (χ1) is 23.2. The van der Waals surface area contributed by atoms with Gasteiger partial charge in [0, 0.05) is 19.5 Å². The summed E-state index contributed by atoms with van der Waals surface area (Å²) in [5, 5.41) is 0. The van der Waals surface area contributed by atoms with Crippen LogP contribution in [0.4, 0.5) is 0 Å². The lowest BCUT2D eigenvalue weighted by Gasteiger charge is -2.24. The molecule has 0 aromatic carbocycles. The van der Waals surface area contributed by atoms with Crippen LogP contribution in [0.1, 0.15) is 194 Å². The molecule has 0 N–H and O–H groups in total. The molecular formula is C41H81N2O5+. The maximum atomic E-state index is 13.1. The molecule has 0 bridgehead atoms. The van der Waals surface area contributed by atoms with Crippen molar-refractivity contribution >= 4 is 17.8 Å². The summed E-state index contributed by atoms with van der Waals surface area (Å²) in [4.78, 5) is 39.7. The van der Waals surface area contributed by atoms with Crippen LogP contribution in [0.15, 0.2) is 0 Å². The maximum absolute atomic E-state index is 13.1. The van der Waals surface area contributed by atoms with Gasteiger partial charge in [-0.25, -0.2) is 0 Å². The van der Waals surface area contributed by atoms with Gasteiger partial charge in [-0.2, -0.15) is 0 Å². The van der Waals surface area contributed by atoms with Crippen molar-refractivity contribution in [1.82, 2.24) is 4.90 Å². The van der Waals surface area contributed by atoms with Crippen molar-refractivity contribution in [3.63, 3.8) is 0 Å². The fourth-order valence-corrected chi connectivity index (χ4v) is 6.06. The molecule has 0 aliphatic heterocycles. The Morgan fingerprint density at radius 1 is 0.438 bits per heavy atom. The summed E-state index contributed by atoms with van der Waals surface area (Å²) in [5.41, 5.74) is 0. The van der Waals surface area contributed by atoms with E-state index in [-0.39, 0.29) is 30.7 Å². The Morgan fingerprint density at radius 2 is 0.771 bits per heavy atom. The van der Waals surface area contributed by atoms with Crippen molar-refractivity contribution in [2.24, 2.45) is 0 Å². The van der Waals surface area contributed by atoms with Gasteiger partial charge in [0.25, 0.3) is 0 Å². The Morgan fingerprint density at radius 3 is 1.12 bits per heavy atom. The minimum Gasteiger partial charge on any atom is -0.466 e. The van der Waals surface area contributed by atoms with Crippen LogP contribution in [0, 0.1) is 0 Å². The molecule has 0 atom stereocenters. The van der Waals surface area contributed by atoms with E-state index in [1.807, 2.05) is 0 Å². The number of carbonyl (C=O) groups excluding carboxylic acids is 3. The first kappa shape index (κ1) is 46.4. The molecule has 0 saturated heterocycles. The summed E-state index contributed by atoms with van der Waals surface area (Å²) < 4.78 is 11.9. The van der Waals surface area contributed by atoms with Crippen LogP contribution in [-0.4, -0.2) is 81.2 Å². The topological polar surface area (TPSA) is 72.9 Å². The number of carbonyl (C=O) groups is 3. The first-order valence-corrected chi connectivity index (χ1v) is 20.6. The summed E-state index contributed by atoms with van der Waals surface area (Å²) in [6.45, 7) is 7.06. The average molecular weight is 682 g/mol. The minimum atomic E-state index is -0.262. The van der Waals surface area contributed by atoms with Crippen LogP contribution >= 0.6 is 0 Å². The van der Waals surface area contributed by atoms with E-state index in [2.05, 4.69) is 35.0 Å². The first-order valence-electron chi connectivity index (χ1n) is 20.6. The normalized spacial score (nSPS) is 11.5. The predicted molar refractivity (Wildman–Crippen MR) is 202 cm³/mol. The van der Waals surface area contributed by atoms with Gasteiger partial charge < -0.3 is 18.9 Å².